The topological polar surface area (TPSA) is 95.9 Å². The van der Waals surface area contributed by atoms with Crippen LogP contribution in [0.5, 0.6) is 0 Å². The minimum absolute atomic E-state index is 0.0116. The van der Waals surface area contributed by atoms with Gasteiger partial charge in [-0.05, 0) is 77.0 Å². The molecule has 2 atom stereocenters. The van der Waals surface area contributed by atoms with Gasteiger partial charge in [-0.2, -0.15) is 0 Å². The average Bonchev–Trinajstić information content (AvgIpc) is 3.53. The molecule has 1 amide bonds. The zero-order chi connectivity index (χ0) is 62.8. The first-order valence-corrected chi connectivity index (χ1v) is 39.8. The molecule has 0 aromatic carbocycles. The largest absolute Gasteiger partial charge is 0.466 e. The molecule has 2 unspecified atom stereocenters. The first-order valence-electron chi connectivity index (χ1n) is 39.8. The molecule has 87 heavy (non-hydrogen) atoms. The number of esters is 1. The fourth-order valence-electron chi connectivity index (χ4n) is 12.6. The third kappa shape index (κ3) is 73.0. The molecule has 0 aromatic heterocycles. The molecule has 0 aliphatic heterocycles. The molecule has 6 nitrogen and oxygen atoms in total. The number of hydrogen-bond donors (Lipinski definition) is 3. The lowest BCUT2D eigenvalue weighted by molar-refractivity contribution is -0.143. The van der Waals surface area contributed by atoms with Crippen molar-refractivity contribution in [3.05, 3.63) is 36.5 Å². The molecule has 0 bridgehead atoms. The molecule has 0 aliphatic carbocycles. The number of amides is 1. The molecule has 0 rings (SSSR count). The Balaban J connectivity index is 3.35. The fraction of sp³-hybridized carbons (Fsp3) is 0.901. The van der Waals surface area contributed by atoms with Crippen molar-refractivity contribution >= 4 is 11.9 Å². The van der Waals surface area contributed by atoms with Gasteiger partial charge in [0.05, 0.1) is 25.4 Å². The van der Waals surface area contributed by atoms with Crippen LogP contribution < -0.4 is 5.32 Å². The molecular weight excluding hydrogens is 1070 g/mol. The summed E-state index contributed by atoms with van der Waals surface area (Å²) in [7, 11) is 0. The predicted octanol–water partition coefficient (Wildman–Crippen LogP) is 26.2. The fourth-order valence-corrected chi connectivity index (χ4v) is 12.6. The maximum absolute atomic E-state index is 12.5. The van der Waals surface area contributed by atoms with Crippen molar-refractivity contribution in [2.75, 3.05) is 13.2 Å². The number of carbonyl (C=O) groups excluding carboxylic acids is 2. The lowest BCUT2D eigenvalue weighted by Crippen LogP contribution is -2.45. The predicted molar refractivity (Wildman–Crippen MR) is 384 cm³/mol. The lowest BCUT2D eigenvalue weighted by Gasteiger charge is -2.20. The van der Waals surface area contributed by atoms with Crippen LogP contribution in [0.15, 0.2) is 36.5 Å². The van der Waals surface area contributed by atoms with E-state index in [4.69, 9.17) is 4.74 Å². The number of aliphatic hydroxyl groups excluding tert-OH is 2. The second kappa shape index (κ2) is 76.5. The summed E-state index contributed by atoms with van der Waals surface area (Å²) in [4.78, 5) is 24.5. The average molecular weight is 1220 g/mol. The Kier molecular flexibility index (Phi) is 74.8. The Labute approximate surface area is 544 Å². The summed E-state index contributed by atoms with van der Waals surface area (Å²) < 4.78 is 5.47. The van der Waals surface area contributed by atoms with Gasteiger partial charge in [0.25, 0.3) is 0 Å². The van der Waals surface area contributed by atoms with Crippen molar-refractivity contribution in [3.8, 4) is 0 Å². The highest BCUT2D eigenvalue weighted by atomic mass is 16.5. The Morgan fingerprint density at radius 1 is 0.310 bits per heavy atom. The Morgan fingerprint density at radius 2 is 0.552 bits per heavy atom. The summed E-state index contributed by atoms with van der Waals surface area (Å²) in [6.45, 7) is 4.91. The Hall–Kier alpha value is -1.92. The molecule has 0 saturated heterocycles. The number of ether oxygens (including phenoxy) is 1. The van der Waals surface area contributed by atoms with Gasteiger partial charge in [0.15, 0.2) is 0 Å². The van der Waals surface area contributed by atoms with E-state index in [-0.39, 0.29) is 18.5 Å². The van der Waals surface area contributed by atoms with E-state index in [2.05, 4.69) is 43.5 Å². The highest BCUT2D eigenvalue weighted by Crippen LogP contribution is 2.20. The summed E-state index contributed by atoms with van der Waals surface area (Å²) in [6, 6.07) is -0.625. The minimum Gasteiger partial charge on any atom is -0.466 e. The van der Waals surface area contributed by atoms with Gasteiger partial charge < -0.3 is 20.3 Å². The van der Waals surface area contributed by atoms with Gasteiger partial charge in [0.1, 0.15) is 0 Å². The van der Waals surface area contributed by atoms with Crippen LogP contribution in [0.1, 0.15) is 444 Å². The van der Waals surface area contributed by atoms with Crippen LogP contribution in [-0.4, -0.2) is 47.4 Å². The quantitative estimate of drug-likeness (QED) is 0.0320. The molecule has 0 radical (unpaired) electrons. The highest BCUT2D eigenvalue weighted by Gasteiger charge is 2.18. The van der Waals surface area contributed by atoms with Gasteiger partial charge in [-0.15, -0.1) is 0 Å². The maximum Gasteiger partial charge on any atom is 0.305 e. The summed E-state index contributed by atoms with van der Waals surface area (Å²) >= 11 is 0. The zero-order valence-electron chi connectivity index (χ0n) is 59.0. The van der Waals surface area contributed by atoms with Gasteiger partial charge in [0.2, 0.25) is 5.91 Å². The van der Waals surface area contributed by atoms with E-state index in [0.717, 1.165) is 44.9 Å². The molecule has 0 spiro atoms. The van der Waals surface area contributed by atoms with Crippen LogP contribution in [0, 0.1) is 0 Å². The molecule has 0 saturated carbocycles. The highest BCUT2D eigenvalue weighted by molar-refractivity contribution is 5.76. The number of nitrogens with one attached hydrogen (secondary N) is 1. The second-order valence-corrected chi connectivity index (χ2v) is 27.4. The van der Waals surface area contributed by atoms with E-state index in [1.54, 1.807) is 6.08 Å². The van der Waals surface area contributed by atoms with E-state index in [9.17, 15) is 19.8 Å². The van der Waals surface area contributed by atoms with Crippen LogP contribution in [0.3, 0.4) is 0 Å². The van der Waals surface area contributed by atoms with E-state index in [0.29, 0.717) is 19.4 Å². The summed E-state index contributed by atoms with van der Waals surface area (Å²) in [5, 5.41) is 23.3. The minimum atomic E-state index is -0.842. The lowest BCUT2D eigenvalue weighted by atomic mass is 10.0. The Morgan fingerprint density at radius 3 is 0.851 bits per heavy atom. The third-order valence-corrected chi connectivity index (χ3v) is 18.6. The SMILES string of the molecule is CCCC/C=C\CCCCCCCC(=O)OCCCCCCCCCCCCCCCCCCCC/C=C\CCCCCCCCCCCCCCCCCCCC(=O)NC(CO)C(O)/C=C/CCCCCCCCCCCCCCCCCCCC. The zero-order valence-corrected chi connectivity index (χ0v) is 59.0. The molecule has 3 N–H and O–H groups in total. The van der Waals surface area contributed by atoms with Gasteiger partial charge in [-0.25, -0.2) is 0 Å². The van der Waals surface area contributed by atoms with Crippen molar-refractivity contribution in [1.29, 1.82) is 0 Å². The third-order valence-electron chi connectivity index (χ3n) is 18.6. The number of rotatable bonds is 75. The summed E-state index contributed by atoms with van der Waals surface area (Å²) in [5.41, 5.74) is 0. The van der Waals surface area contributed by atoms with Crippen LogP contribution in [0.25, 0.3) is 0 Å². The first kappa shape index (κ1) is 85.1. The van der Waals surface area contributed by atoms with Crippen LogP contribution in [0.4, 0.5) is 0 Å². The smallest absolute Gasteiger partial charge is 0.305 e. The van der Waals surface area contributed by atoms with Gasteiger partial charge in [-0.3, -0.25) is 9.59 Å². The number of carbonyl (C=O) groups is 2. The summed E-state index contributed by atoms with van der Waals surface area (Å²) in [5.74, 6) is -0.0477. The van der Waals surface area contributed by atoms with E-state index >= 15 is 0 Å². The van der Waals surface area contributed by atoms with Crippen LogP contribution in [-0.2, 0) is 14.3 Å². The van der Waals surface area contributed by atoms with E-state index in [1.165, 1.54) is 372 Å². The molecule has 0 heterocycles. The first-order chi connectivity index (χ1) is 43.0. The van der Waals surface area contributed by atoms with E-state index in [1.807, 2.05) is 6.08 Å². The van der Waals surface area contributed by atoms with Gasteiger partial charge in [0, 0.05) is 12.8 Å². The van der Waals surface area contributed by atoms with Crippen molar-refractivity contribution in [2.45, 2.75) is 456 Å². The number of unbranched alkanes of at least 4 members (excludes halogenated alkanes) is 60. The summed E-state index contributed by atoms with van der Waals surface area (Å²) in [6.07, 6.45) is 100.0. The monoisotopic (exact) mass is 1220 g/mol. The van der Waals surface area contributed by atoms with Crippen molar-refractivity contribution < 1.29 is 24.5 Å². The van der Waals surface area contributed by atoms with Crippen LogP contribution in [0.2, 0.25) is 0 Å². The molecule has 6 heteroatoms. The molecular formula is C81H155NO5. The standard InChI is InChI=1S/C81H155NO5/c1-3-5-7-9-11-13-15-16-17-18-19-41-44-47-50-54-57-61-65-69-73-79(84)78(77-83)82-80(85)74-70-66-62-58-55-51-48-45-42-39-37-35-33-31-29-27-25-23-21-20-22-24-26-28-30-32-34-36-38-40-43-46-49-52-56-60-64-68-72-76-87-81(86)75-71-67-63-59-53-14-12-10-8-6-4-2/h10,12,20-21,69,73,78-79,83-84H,3-9,11,13-19,22-68,70-72,74-77H2,1-2H3,(H,82,85)/b12-10-,21-20-,73-69+. The van der Waals surface area contributed by atoms with Gasteiger partial charge >= 0.3 is 5.97 Å². The Bertz CT molecular complexity index is 1410. The van der Waals surface area contributed by atoms with Crippen molar-refractivity contribution in [2.24, 2.45) is 0 Å². The van der Waals surface area contributed by atoms with Crippen molar-refractivity contribution in [1.82, 2.24) is 5.32 Å². The van der Waals surface area contributed by atoms with E-state index < -0.39 is 12.1 Å². The maximum atomic E-state index is 12.5. The van der Waals surface area contributed by atoms with Crippen LogP contribution >= 0.6 is 0 Å². The van der Waals surface area contributed by atoms with Crippen molar-refractivity contribution in [3.63, 3.8) is 0 Å². The number of allylic oxidation sites excluding steroid dienone is 5. The normalized spacial score (nSPS) is 12.6. The number of aliphatic hydroxyl groups is 2. The molecule has 0 aromatic rings. The molecule has 514 valence electrons. The van der Waals surface area contributed by atoms with Gasteiger partial charge in [-0.1, -0.05) is 391 Å². The second-order valence-electron chi connectivity index (χ2n) is 27.4. The number of hydrogen-bond acceptors (Lipinski definition) is 5. The molecule has 0 aliphatic rings. The molecule has 0 fully saturated rings.